The van der Waals surface area contributed by atoms with Crippen LogP contribution in [0.5, 0.6) is 5.75 Å². The molecule has 1 aromatic carbocycles. The van der Waals surface area contributed by atoms with Crippen LogP contribution in [0.1, 0.15) is 48.2 Å². The molecule has 0 unspecified atom stereocenters. The fourth-order valence-corrected chi connectivity index (χ4v) is 1.87. The van der Waals surface area contributed by atoms with Crippen molar-refractivity contribution < 1.29 is 9.15 Å². The lowest BCUT2D eigenvalue weighted by Crippen LogP contribution is -1.99. The first-order chi connectivity index (χ1) is 8.97. The summed E-state index contributed by atoms with van der Waals surface area (Å²) in [6.07, 6.45) is 0. The van der Waals surface area contributed by atoms with E-state index in [1.54, 1.807) is 0 Å². The van der Waals surface area contributed by atoms with Gasteiger partial charge >= 0.3 is 0 Å². The number of ether oxygens (including phenoxy) is 1. The van der Waals surface area contributed by atoms with Gasteiger partial charge in [0.15, 0.2) is 6.61 Å². The average Bonchev–Trinajstić information content (AvgIpc) is 2.67. The molecule has 0 amide bonds. The van der Waals surface area contributed by atoms with Gasteiger partial charge in [0.1, 0.15) is 11.5 Å². The smallest absolute Gasteiger partial charge is 0.232 e. The molecule has 0 fully saturated rings. The van der Waals surface area contributed by atoms with Crippen molar-refractivity contribution in [2.75, 3.05) is 0 Å². The van der Waals surface area contributed by atoms with Crippen LogP contribution >= 0.6 is 0 Å². The number of hydrogen-bond donors (Lipinski definition) is 0. The van der Waals surface area contributed by atoms with E-state index in [-0.39, 0.29) is 0 Å². The first kappa shape index (κ1) is 13.7. The fraction of sp³-hybridized carbons (Fsp3) is 0.438. The lowest BCUT2D eigenvalue weighted by Gasteiger charge is -2.11. The predicted octanol–water partition coefficient (Wildman–Crippen LogP) is 4.30. The lowest BCUT2D eigenvalue weighted by atomic mass is 10.0. The highest BCUT2D eigenvalue weighted by Gasteiger charge is 2.09. The molecule has 0 saturated carbocycles. The third-order valence-corrected chi connectivity index (χ3v) is 3.30. The molecule has 2 aromatic rings. The van der Waals surface area contributed by atoms with Crippen molar-refractivity contribution in [3.05, 3.63) is 46.7 Å². The second kappa shape index (κ2) is 5.47. The standard InChI is InChI=1S/C16H21NO2/c1-10(2)14-7-6-11(3)15(8-14)18-9-16-17-12(4)13(5)19-16/h6-8,10H,9H2,1-5H3. The molecular formula is C16H21NO2. The lowest BCUT2D eigenvalue weighted by molar-refractivity contribution is 0.258. The van der Waals surface area contributed by atoms with Crippen molar-refractivity contribution in [2.45, 2.75) is 47.1 Å². The van der Waals surface area contributed by atoms with Crippen LogP contribution in [0.4, 0.5) is 0 Å². The van der Waals surface area contributed by atoms with Crippen LogP contribution in [0.3, 0.4) is 0 Å². The Hall–Kier alpha value is -1.77. The fourth-order valence-electron chi connectivity index (χ4n) is 1.87. The molecule has 0 aliphatic carbocycles. The molecule has 0 radical (unpaired) electrons. The van der Waals surface area contributed by atoms with Crippen LogP contribution in [0.25, 0.3) is 0 Å². The molecule has 1 aromatic heterocycles. The van der Waals surface area contributed by atoms with Crippen molar-refractivity contribution in [3.63, 3.8) is 0 Å². The summed E-state index contributed by atoms with van der Waals surface area (Å²) >= 11 is 0. The summed E-state index contributed by atoms with van der Waals surface area (Å²) in [6.45, 7) is 10.6. The van der Waals surface area contributed by atoms with Crippen LogP contribution in [-0.2, 0) is 6.61 Å². The Kier molecular flexibility index (Phi) is 3.93. The molecule has 19 heavy (non-hydrogen) atoms. The third-order valence-electron chi connectivity index (χ3n) is 3.30. The van der Waals surface area contributed by atoms with Gasteiger partial charge in [0.05, 0.1) is 5.69 Å². The van der Waals surface area contributed by atoms with E-state index < -0.39 is 0 Å². The van der Waals surface area contributed by atoms with E-state index in [4.69, 9.17) is 9.15 Å². The van der Waals surface area contributed by atoms with Crippen molar-refractivity contribution in [3.8, 4) is 5.75 Å². The minimum absolute atomic E-state index is 0.372. The summed E-state index contributed by atoms with van der Waals surface area (Å²) < 4.78 is 11.3. The molecule has 0 saturated heterocycles. The Morgan fingerprint density at radius 1 is 1.21 bits per heavy atom. The van der Waals surface area contributed by atoms with E-state index in [0.717, 1.165) is 22.8 Å². The molecule has 0 spiro atoms. The number of oxazole rings is 1. The Morgan fingerprint density at radius 3 is 2.53 bits per heavy atom. The minimum Gasteiger partial charge on any atom is -0.484 e. The summed E-state index contributed by atoms with van der Waals surface area (Å²) in [5.74, 6) is 2.88. The Bertz CT molecular complexity index is 551. The monoisotopic (exact) mass is 259 g/mol. The van der Waals surface area contributed by atoms with Crippen LogP contribution in [0, 0.1) is 20.8 Å². The van der Waals surface area contributed by atoms with E-state index in [1.165, 1.54) is 5.56 Å². The molecule has 102 valence electrons. The van der Waals surface area contributed by atoms with E-state index >= 15 is 0 Å². The highest BCUT2D eigenvalue weighted by molar-refractivity contribution is 5.37. The van der Waals surface area contributed by atoms with Crippen molar-refractivity contribution in [2.24, 2.45) is 0 Å². The molecule has 3 heteroatoms. The molecule has 3 nitrogen and oxygen atoms in total. The van der Waals surface area contributed by atoms with Gasteiger partial charge in [-0.05, 0) is 43.9 Å². The molecule has 0 aliphatic rings. The number of benzene rings is 1. The zero-order chi connectivity index (χ0) is 14.0. The van der Waals surface area contributed by atoms with Gasteiger partial charge in [0.2, 0.25) is 5.89 Å². The molecule has 0 atom stereocenters. The van der Waals surface area contributed by atoms with Gasteiger partial charge in [-0.1, -0.05) is 26.0 Å². The van der Waals surface area contributed by atoms with Gasteiger partial charge in [-0.2, -0.15) is 0 Å². The normalized spacial score (nSPS) is 11.1. The summed E-state index contributed by atoms with van der Waals surface area (Å²) in [4.78, 5) is 4.32. The maximum absolute atomic E-state index is 5.83. The van der Waals surface area contributed by atoms with Gasteiger partial charge in [0, 0.05) is 0 Å². The van der Waals surface area contributed by atoms with Crippen molar-refractivity contribution in [1.29, 1.82) is 0 Å². The van der Waals surface area contributed by atoms with Crippen LogP contribution in [0.15, 0.2) is 22.6 Å². The van der Waals surface area contributed by atoms with E-state index in [0.29, 0.717) is 18.4 Å². The molecule has 0 N–H and O–H groups in total. The largest absolute Gasteiger partial charge is 0.484 e. The molecule has 2 rings (SSSR count). The topological polar surface area (TPSA) is 35.3 Å². The molecular weight excluding hydrogens is 238 g/mol. The highest BCUT2D eigenvalue weighted by Crippen LogP contribution is 2.25. The van der Waals surface area contributed by atoms with Crippen LogP contribution in [0.2, 0.25) is 0 Å². The zero-order valence-corrected chi connectivity index (χ0v) is 12.3. The van der Waals surface area contributed by atoms with Gasteiger partial charge in [-0.15, -0.1) is 0 Å². The number of aromatic nitrogens is 1. The third kappa shape index (κ3) is 3.16. The maximum Gasteiger partial charge on any atom is 0.232 e. The summed E-state index contributed by atoms with van der Waals surface area (Å²) in [5, 5.41) is 0. The van der Waals surface area contributed by atoms with Crippen LogP contribution in [-0.4, -0.2) is 4.98 Å². The summed E-state index contributed by atoms with van der Waals surface area (Å²) in [6, 6.07) is 6.34. The number of aryl methyl sites for hydroxylation is 3. The van der Waals surface area contributed by atoms with Gasteiger partial charge < -0.3 is 9.15 Å². The second-order valence-electron chi connectivity index (χ2n) is 5.22. The number of rotatable bonds is 4. The maximum atomic E-state index is 5.83. The van der Waals surface area contributed by atoms with E-state index in [2.05, 4.69) is 37.0 Å². The quantitative estimate of drug-likeness (QED) is 0.821. The van der Waals surface area contributed by atoms with Gasteiger partial charge in [-0.3, -0.25) is 0 Å². The van der Waals surface area contributed by atoms with E-state index in [9.17, 15) is 0 Å². The average molecular weight is 259 g/mol. The second-order valence-corrected chi connectivity index (χ2v) is 5.22. The highest BCUT2D eigenvalue weighted by atomic mass is 16.5. The number of nitrogens with zero attached hydrogens (tertiary/aromatic N) is 1. The summed E-state index contributed by atoms with van der Waals surface area (Å²) in [7, 11) is 0. The first-order valence-electron chi connectivity index (χ1n) is 6.63. The number of hydrogen-bond acceptors (Lipinski definition) is 3. The Labute approximate surface area is 114 Å². The zero-order valence-electron chi connectivity index (χ0n) is 12.3. The first-order valence-corrected chi connectivity index (χ1v) is 6.63. The molecule has 0 aliphatic heterocycles. The van der Waals surface area contributed by atoms with Gasteiger partial charge in [-0.25, -0.2) is 4.98 Å². The van der Waals surface area contributed by atoms with Gasteiger partial charge in [0.25, 0.3) is 0 Å². The molecule has 1 heterocycles. The SMILES string of the molecule is Cc1ccc(C(C)C)cc1OCc1nc(C)c(C)o1. The minimum atomic E-state index is 0.372. The van der Waals surface area contributed by atoms with Crippen LogP contribution < -0.4 is 4.74 Å². The van der Waals surface area contributed by atoms with Crippen molar-refractivity contribution in [1.82, 2.24) is 4.98 Å². The Balaban J connectivity index is 2.12. The van der Waals surface area contributed by atoms with E-state index in [1.807, 2.05) is 20.8 Å². The predicted molar refractivity (Wildman–Crippen MR) is 75.6 cm³/mol. The molecule has 0 bridgehead atoms. The Morgan fingerprint density at radius 2 is 1.95 bits per heavy atom. The van der Waals surface area contributed by atoms with Crippen molar-refractivity contribution >= 4 is 0 Å². The summed E-state index contributed by atoms with van der Waals surface area (Å²) in [5.41, 5.74) is 3.33.